The number of hydrogen-bond donors (Lipinski definition) is 3. The van der Waals surface area contributed by atoms with Crippen LogP contribution in [0.4, 0.5) is 5.82 Å². The summed E-state index contributed by atoms with van der Waals surface area (Å²) in [6.07, 6.45) is -0.622. The highest BCUT2D eigenvalue weighted by Gasteiger charge is 2.44. The first-order chi connectivity index (χ1) is 10.6. The Labute approximate surface area is 130 Å². The number of hydrogen-bond acceptors (Lipinski definition) is 8. The molecule has 0 bridgehead atoms. The fourth-order valence-corrected chi connectivity index (χ4v) is 3.03. The lowest BCUT2D eigenvalue weighted by Crippen LogP contribution is -2.32. The van der Waals surface area contributed by atoms with Crippen molar-refractivity contribution in [3.8, 4) is 0 Å². The van der Waals surface area contributed by atoms with E-state index >= 15 is 0 Å². The van der Waals surface area contributed by atoms with Crippen LogP contribution in [0.2, 0.25) is 0 Å². The fourth-order valence-electron chi connectivity index (χ4n) is 2.35. The van der Waals surface area contributed by atoms with Crippen molar-refractivity contribution in [3.63, 3.8) is 0 Å². The van der Waals surface area contributed by atoms with Gasteiger partial charge in [0.1, 0.15) is 24.1 Å². The van der Waals surface area contributed by atoms with Crippen LogP contribution in [-0.2, 0) is 4.74 Å². The minimum atomic E-state index is -1.09. The molecule has 0 amide bonds. The summed E-state index contributed by atoms with van der Waals surface area (Å²) in [5.74, 6) is 0.723. The molecule has 4 N–H and O–H groups in total. The van der Waals surface area contributed by atoms with Crippen LogP contribution >= 0.6 is 11.8 Å². The molecule has 2 aromatic rings. The highest BCUT2D eigenvalue weighted by Crippen LogP contribution is 2.33. The van der Waals surface area contributed by atoms with Crippen LogP contribution in [0.3, 0.4) is 0 Å². The molecule has 3 rings (SSSR count). The van der Waals surface area contributed by atoms with Gasteiger partial charge in [-0.1, -0.05) is 6.58 Å². The number of ether oxygens (including phenoxy) is 1. The van der Waals surface area contributed by atoms with E-state index in [0.29, 0.717) is 16.9 Å². The van der Waals surface area contributed by atoms with Crippen LogP contribution in [0.15, 0.2) is 30.4 Å². The monoisotopic (exact) mass is 321 g/mol. The minimum Gasteiger partial charge on any atom is -0.387 e. The predicted molar refractivity (Wildman–Crippen MR) is 81.8 cm³/mol. The molecule has 0 aliphatic carbocycles. The Kier molecular flexibility index (Phi) is 4.14. The second-order valence-electron chi connectivity index (χ2n) is 4.78. The van der Waals surface area contributed by atoms with Crippen molar-refractivity contribution >= 4 is 28.7 Å². The van der Waals surface area contributed by atoms with E-state index in [1.807, 2.05) is 0 Å². The molecule has 0 aromatic carbocycles. The third-order valence-electron chi connectivity index (χ3n) is 3.43. The highest BCUT2D eigenvalue weighted by atomic mass is 32.2. The van der Waals surface area contributed by atoms with Gasteiger partial charge >= 0.3 is 0 Å². The number of nitrogen functional groups attached to an aromatic ring is 1. The second kappa shape index (κ2) is 6.07. The van der Waals surface area contributed by atoms with Crippen molar-refractivity contribution in [1.82, 2.24) is 19.5 Å². The van der Waals surface area contributed by atoms with E-state index < -0.39 is 24.5 Å². The summed E-state index contributed by atoms with van der Waals surface area (Å²) in [6, 6.07) is 0. The standard InChI is InChI=1S/C13H15N5O3S/c1-2-3-22-4-7-9(19)10(20)13(21-7)18-6-17-8-11(14)15-5-16-12(8)18/h3,5-7,9-10,13,19-20H,1,4H2,(H2,14,15,16)/t7-,9-,10-,13-/m1/s1. The van der Waals surface area contributed by atoms with E-state index in [9.17, 15) is 10.2 Å². The topological polar surface area (TPSA) is 119 Å². The molecular weight excluding hydrogens is 306 g/mol. The molecule has 0 saturated carbocycles. The van der Waals surface area contributed by atoms with E-state index in [0.717, 1.165) is 0 Å². The summed E-state index contributed by atoms with van der Waals surface area (Å²) in [4.78, 5) is 12.1. The van der Waals surface area contributed by atoms with Crippen molar-refractivity contribution in [2.24, 2.45) is 0 Å². The Hall–Kier alpha value is -1.90. The number of nitrogens with zero attached hydrogens (tertiary/aromatic N) is 4. The lowest BCUT2D eigenvalue weighted by molar-refractivity contribution is -0.0288. The summed E-state index contributed by atoms with van der Waals surface area (Å²) < 4.78 is 7.31. The first kappa shape index (κ1) is 15.0. The minimum absolute atomic E-state index is 0.250. The quantitative estimate of drug-likeness (QED) is 0.676. The molecule has 1 fully saturated rings. The van der Waals surface area contributed by atoms with Gasteiger partial charge in [0.05, 0.1) is 12.4 Å². The summed E-state index contributed by atoms with van der Waals surface area (Å²) >= 11 is 1.40. The zero-order valence-electron chi connectivity index (χ0n) is 11.5. The average Bonchev–Trinajstić information content (AvgIpc) is 3.05. The van der Waals surface area contributed by atoms with Gasteiger partial charge in [0.15, 0.2) is 17.7 Å². The molecule has 1 saturated heterocycles. The number of aromatic nitrogens is 4. The van der Waals surface area contributed by atoms with Gasteiger partial charge in [0.2, 0.25) is 0 Å². The van der Waals surface area contributed by atoms with Crippen molar-refractivity contribution in [2.45, 2.75) is 24.5 Å². The molecule has 3 heterocycles. The normalized spacial score (nSPS) is 27.9. The van der Waals surface area contributed by atoms with Crippen LogP contribution in [0.5, 0.6) is 0 Å². The third-order valence-corrected chi connectivity index (χ3v) is 4.28. The molecule has 1 aliphatic heterocycles. The van der Waals surface area contributed by atoms with Crippen LogP contribution < -0.4 is 5.73 Å². The predicted octanol–water partition coefficient (Wildman–Crippen LogP) is 0.0595. The van der Waals surface area contributed by atoms with Crippen molar-refractivity contribution in [1.29, 1.82) is 0 Å². The summed E-state index contributed by atoms with van der Waals surface area (Å²) in [5, 5.41) is 22.0. The fraction of sp³-hybridized carbons (Fsp3) is 0.385. The zero-order valence-corrected chi connectivity index (χ0v) is 12.3. The number of aliphatic hydroxyl groups excluding tert-OH is 2. The molecule has 0 unspecified atom stereocenters. The SMILES string of the molecule is C=C=CSC[C@H]1O[C@@H](n2cnc3c(N)ncnc32)[C@H](O)[C@@H]1O. The Morgan fingerprint density at radius 1 is 1.41 bits per heavy atom. The van der Waals surface area contributed by atoms with E-state index in [-0.39, 0.29) is 5.82 Å². The Balaban J connectivity index is 1.87. The zero-order chi connectivity index (χ0) is 15.7. The Bertz CT molecular complexity index is 730. The van der Waals surface area contributed by atoms with Crippen molar-refractivity contribution in [3.05, 3.63) is 30.4 Å². The van der Waals surface area contributed by atoms with Gasteiger partial charge in [0.25, 0.3) is 0 Å². The molecule has 0 radical (unpaired) electrons. The highest BCUT2D eigenvalue weighted by molar-refractivity contribution is 8.02. The maximum atomic E-state index is 10.2. The van der Waals surface area contributed by atoms with Gasteiger partial charge in [0, 0.05) is 11.2 Å². The molecule has 0 spiro atoms. The van der Waals surface area contributed by atoms with E-state index in [2.05, 4.69) is 27.3 Å². The van der Waals surface area contributed by atoms with Gasteiger partial charge in [-0.2, -0.15) is 0 Å². The number of imidazole rings is 1. The van der Waals surface area contributed by atoms with Crippen molar-refractivity contribution < 1.29 is 14.9 Å². The Morgan fingerprint density at radius 2 is 2.23 bits per heavy atom. The first-order valence-electron chi connectivity index (χ1n) is 6.54. The maximum absolute atomic E-state index is 10.2. The van der Waals surface area contributed by atoms with Crippen LogP contribution in [0.1, 0.15) is 6.23 Å². The van der Waals surface area contributed by atoms with E-state index in [1.54, 1.807) is 9.98 Å². The van der Waals surface area contributed by atoms with Gasteiger partial charge in [-0.15, -0.1) is 17.5 Å². The van der Waals surface area contributed by atoms with E-state index in [4.69, 9.17) is 10.5 Å². The summed E-state index contributed by atoms with van der Waals surface area (Å²) in [5.41, 5.74) is 9.25. The Morgan fingerprint density at radius 3 is 3.00 bits per heavy atom. The van der Waals surface area contributed by atoms with E-state index in [1.165, 1.54) is 24.4 Å². The van der Waals surface area contributed by atoms with Crippen molar-refractivity contribution in [2.75, 3.05) is 11.5 Å². The van der Waals surface area contributed by atoms with Crippen LogP contribution in [-0.4, -0.2) is 53.8 Å². The number of rotatable bonds is 4. The second-order valence-corrected chi connectivity index (χ2v) is 5.69. The molecule has 4 atom stereocenters. The number of aliphatic hydroxyl groups is 2. The lowest BCUT2D eigenvalue weighted by Gasteiger charge is -2.16. The number of thioether (sulfide) groups is 1. The number of anilines is 1. The first-order valence-corrected chi connectivity index (χ1v) is 7.59. The molecular formula is C13H15N5O3S. The van der Waals surface area contributed by atoms with Gasteiger partial charge < -0.3 is 20.7 Å². The van der Waals surface area contributed by atoms with Gasteiger partial charge in [-0.25, -0.2) is 15.0 Å². The lowest BCUT2D eigenvalue weighted by atomic mass is 10.1. The third kappa shape index (κ3) is 2.49. The average molecular weight is 321 g/mol. The maximum Gasteiger partial charge on any atom is 0.167 e. The molecule has 116 valence electrons. The summed E-state index contributed by atoms with van der Waals surface area (Å²) in [7, 11) is 0. The molecule has 9 heteroatoms. The smallest absolute Gasteiger partial charge is 0.167 e. The van der Waals surface area contributed by atoms with Gasteiger partial charge in [-0.05, 0) is 0 Å². The molecule has 22 heavy (non-hydrogen) atoms. The molecule has 1 aliphatic rings. The van der Waals surface area contributed by atoms with Gasteiger partial charge in [-0.3, -0.25) is 4.57 Å². The summed E-state index contributed by atoms with van der Waals surface area (Å²) in [6.45, 7) is 3.46. The largest absolute Gasteiger partial charge is 0.387 e. The van der Waals surface area contributed by atoms with Crippen LogP contribution in [0, 0.1) is 0 Å². The van der Waals surface area contributed by atoms with Crippen LogP contribution in [0.25, 0.3) is 11.2 Å². The number of nitrogens with two attached hydrogens (primary N) is 1. The molecule has 8 nitrogen and oxygen atoms in total. The number of fused-ring (bicyclic) bond motifs is 1. The molecule has 2 aromatic heterocycles.